The minimum atomic E-state index is -3.39. The van der Waals surface area contributed by atoms with Crippen molar-refractivity contribution in [2.24, 2.45) is 0 Å². The Labute approximate surface area is 117 Å². The molecular formula is C12H16N2O5S. The van der Waals surface area contributed by atoms with Crippen LogP contribution in [0.1, 0.15) is 16.8 Å². The van der Waals surface area contributed by atoms with Crippen LogP contribution in [0.3, 0.4) is 0 Å². The van der Waals surface area contributed by atoms with Gasteiger partial charge in [-0.05, 0) is 18.6 Å². The van der Waals surface area contributed by atoms with Gasteiger partial charge in [0.25, 0.3) is 0 Å². The highest BCUT2D eigenvalue weighted by Gasteiger charge is 2.32. The van der Waals surface area contributed by atoms with E-state index in [0.29, 0.717) is 13.0 Å². The van der Waals surface area contributed by atoms with Crippen LogP contribution in [-0.4, -0.2) is 40.9 Å². The van der Waals surface area contributed by atoms with Crippen LogP contribution in [0.5, 0.6) is 5.75 Å². The highest BCUT2D eigenvalue weighted by Crippen LogP contribution is 2.38. The monoisotopic (exact) mass is 300 g/mol. The third-order valence-electron chi connectivity index (χ3n) is 3.09. The lowest BCUT2D eigenvalue weighted by molar-refractivity contribution is 0.0601. The van der Waals surface area contributed by atoms with Crippen molar-refractivity contribution in [3.05, 3.63) is 17.7 Å². The zero-order valence-electron chi connectivity index (χ0n) is 11.3. The summed E-state index contributed by atoms with van der Waals surface area (Å²) in [6.07, 6.45) is 0.522. The lowest BCUT2D eigenvalue weighted by Crippen LogP contribution is -2.26. The maximum atomic E-state index is 12.0. The summed E-state index contributed by atoms with van der Waals surface area (Å²) in [5.41, 5.74) is 6.47. The molecule has 1 heterocycles. The first-order chi connectivity index (χ1) is 9.40. The van der Waals surface area contributed by atoms with Crippen molar-refractivity contribution >= 4 is 27.4 Å². The molecule has 20 heavy (non-hydrogen) atoms. The fourth-order valence-electron chi connectivity index (χ4n) is 2.19. The Morgan fingerprint density at radius 3 is 2.55 bits per heavy atom. The van der Waals surface area contributed by atoms with E-state index >= 15 is 0 Å². The Morgan fingerprint density at radius 1 is 1.35 bits per heavy atom. The molecule has 0 amide bonds. The van der Waals surface area contributed by atoms with Crippen LogP contribution in [0, 0.1) is 0 Å². The first-order valence-corrected chi connectivity index (χ1v) is 7.58. The van der Waals surface area contributed by atoms with E-state index in [-0.39, 0.29) is 28.4 Å². The second kappa shape index (κ2) is 5.20. The van der Waals surface area contributed by atoms with Gasteiger partial charge in [0.1, 0.15) is 0 Å². The predicted octanol–water partition coefficient (Wildman–Crippen LogP) is 0.604. The van der Waals surface area contributed by atoms with Crippen LogP contribution in [0.4, 0.5) is 11.4 Å². The average Bonchev–Trinajstić information content (AvgIpc) is 2.76. The van der Waals surface area contributed by atoms with Crippen molar-refractivity contribution in [1.29, 1.82) is 0 Å². The maximum absolute atomic E-state index is 12.0. The first-order valence-electron chi connectivity index (χ1n) is 5.97. The molecule has 0 saturated carbocycles. The van der Waals surface area contributed by atoms with E-state index in [0.717, 1.165) is 0 Å². The van der Waals surface area contributed by atoms with Gasteiger partial charge in [-0.25, -0.2) is 13.2 Å². The zero-order valence-corrected chi connectivity index (χ0v) is 12.1. The van der Waals surface area contributed by atoms with Crippen molar-refractivity contribution in [2.75, 3.05) is 36.6 Å². The lowest BCUT2D eigenvalue weighted by atomic mass is 10.1. The van der Waals surface area contributed by atoms with E-state index in [2.05, 4.69) is 4.74 Å². The molecule has 1 saturated heterocycles. The van der Waals surface area contributed by atoms with Gasteiger partial charge >= 0.3 is 5.97 Å². The van der Waals surface area contributed by atoms with Crippen LogP contribution in [-0.2, 0) is 14.8 Å². The van der Waals surface area contributed by atoms with Crippen LogP contribution in [0.25, 0.3) is 0 Å². The molecule has 1 fully saturated rings. The van der Waals surface area contributed by atoms with Gasteiger partial charge in [0, 0.05) is 6.54 Å². The van der Waals surface area contributed by atoms with Gasteiger partial charge in [-0.1, -0.05) is 0 Å². The van der Waals surface area contributed by atoms with Gasteiger partial charge in [-0.3, -0.25) is 4.31 Å². The van der Waals surface area contributed by atoms with Gasteiger partial charge in [0.2, 0.25) is 10.0 Å². The third-order valence-corrected chi connectivity index (χ3v) is 4.95. The number of benzene rings is 1. The number of hydrogen-bond acceptors (Lipinski definition) is 6. The minimum absolute atomic E-state index is 0.0680. The predicted molar refractivity (Wildman–Crippen MR) is 74.5 cm³/mol. The summed E-state index contributed by atoms with van der Waals surface area (Å²) in [6.45, 7) is 0.336. The summed E-state index contributed by atoms with van der Waals surface area (Å²) in [5, 5.41) is 0. The molecule has 2 N–H and O–H groups in total. The van der Waals surface area contributed by atoms with Crippen molar-refractivity contribution in [3.63, 3.8) is 0 Å². The summed E-state index contributed by atoms with van der Waals surface area (Å²) >= 11 is 0. The molecule has 0 atom stereocenters. The molecule has 1 aliphatic heterocycles. The summed E-state index contributed by atoms with van der Waals surface area (Å²) in [6, 6.07) is 2.82. The molecule has 1 aromatic rings. The summed E-state index contributed by atoms with van der Waals surface area (Å²) in [5.74, 6) is -0.279. The Hall–Kier alpha value is -1.96. The molecule has 1 aromatic carbocycles. The number of nitrogens with zero attached hydrogens (tertiary/aromatic N) is 1. The van der Waals surface area contributed by atoms with Crippen molar-refractivity contribution < 1.29 is 22.7 Å². The first kappa shape index (κ1) is 14.4. The van der Waals surface area contributed by atoms with E-state index in [1.807, 2.05) is 0 Å². The number of nitrogen functional groups attached to an aromatic ring is 1. The number of nitrogens with two attached hydrogens (primary N) is 1. The molecule has 1 aliphatic rings. The van der Waals surface area contributed by atoms with Crippen LogP contribution in [0.15, 0.2) is 12.1 Å². The SMILES string of the molecule is COC(=O)c1cc(N)c(OC)c(N2CCCS2(=O)=O)c1. The number of esters is 1. The molecule has 0 unspecified atom stereocenters. The number of carbonyl (C=O) groups is 1. The summed E-state index contributed by atoms with van der Waals surface area (Å²) < 4.78 is 35.0. The van der Waals surface area contributed by atoms with E-state index in [9.17, 15) is 13.2 Å². The second-order valence-corrected chi connectivity index (χ2v) is 6.36. The number of methoxy groups -OCH3 is 2. The molecule has 0 bridgehead atoms. The number of anilines is 2. The largest absolute Gasteiger partial charge is 0.492 e. The van der Waals surface area contributed by atoms with E-state index in [4.69, 9.17) is 10.5 Å². The number of carbonyl (C=O) groups excluding carboxylic acids is 1. The zero-order chi connectivity index (χ0) is 14.9. The highest BCUT2D eigenvalue weighted by molar-refractivity contribution is 7.93. The number of ether oxygens (including phenoxy) is 2. The second-order valence-electron chi connectivity index (χ2n) is 4.35. The van der Waals surface area contributed by atoms with Crippen molar-refractivity contribution in [3.8, 4) is 5.75 Å². The van der Waals surface area contributed by atoms with E-state index in [1.54, 1.807) is 0 Å². The lowest BCUT2D eigenvalue weighted by Gasteiger charge is -2.21. The normalized spacial score (nSPS) is 17.0. The Kier molecular flexibility index (Phi) is 3.76. The standard InChI is InChI=1S/C12H16N2O5S/c1-18-11-9(13)6-8(12(15)19-2)7-10(11)14-4-3-5-20(14,16)17/h6-7H,3-5,13H2,1-2H3. The molecule has 0 aliphatic carbocycles. The Bertz CT molecular complexity index is 641. The third kappa shape index (κ3) is 2.38. The minimum Gasteiger partial charge on any atom is -0.492 e. The number of sulfonamides is 1. The van der Waals surface area contributed by atoms with E-state index < -0.39 is 16.0 Å². The fraction of sp³-hybridized carbons (Fsp3) is 0.417. The maximum Gasteiger partial charge on any atom is 0.338 e. The molecule has 110 valence electrons. The number of rotatable bonds is 3. The Morgan fingerprint density at radius 2 is 2.05 bits per heavy atom. The van der Waals surface area contributed by atoms with Gasteiger partial charge < -0.3 is 15.2 Å². The fourth-order valence-corrected chi connectivity index (χ4v) is 3.75. The molecule has 7 nitrogen and oxygen atoms in total. The van der Waals surface area contributed by atoms with Crippen LogP contribution < -0.4 is 14.8 Å². The van der Waals surface area contributed by atoms with E-state index in [1.165, 1.54) is 30.7 Å². The van der Waals surface area contributed by atoms with Gasteiger partial charge in [-0.15, -0.1) is 0 Å². The molecule has 2 rings (SSSR count). The smallest absolute Gasteiger partial charge is 0.338 e. The molecule has 0 radical (unpaired) electrons. The summed E-state index contributed by atoms with van der Waals surface area (Å²) in [7, 11) is -0.749. The molecule has 0 aromatic heterocycles. The molecule has 8 heteroatoms. The molecular weight excluding hydrogens is 284 g/mol. The van der Waals surface area contributed by atoms with Crippen molar-refractivity contribution in [2.45, 2.75) is 6.42 Å². The quantitative estimate of drug-likeness (QED) is 0.648. The summed E-state index contributed by atoms with van der Waals surface area (Å²) in [4.78, 5) is 11.6. The van der Waals surface area contributed by atoms with Gasteiger partial charge in [-0.2, -0.15) is 0 Å². The number of hydrogen-bond donors (Lipinski definition) is 1. The average molecular weight is 300 g/mol. The Balaban J connectivity index is 2.61. The topological polar surface area (TPSA) is 98.9 Å². The van der Waals surface area contributed by atoms with Gasteiger partial charge in [0.15, 0.2) is 5.75 Å². The highest BCUT2D eigenvalue weighted by atomic mass is 32.2. The van der Waals surface area contributed by atoms with Gasteiger partial charge in [0.05, 0.1) is 36.9 Å². The molecule has 0 spiro atoms. The van der Waals surface area contributed by atoms with Crippen molar-refractivity contribution in [1.82, 2.24) is 0 Å². The van der Waals surface area contributed by atoms with Crippen LogP contribution in [0.2, 0.25) is 0 Å². The van der Waals surface area contributed by atoms with Crippen LogP contribution >= 0.6 is 0 Å².